The molecule has 2 aromatic rings. The molecular weight excluding hydrogens is 300 g/mol. The van der Waals surface area contributed by atoms with Crippen molar-refractivity contribution in [2.45, 2.75) is 0 Å². The first kappa shape index (κ1) is 14.5. The van der Waals surface area contributed by atoms with Gasteiger partial charge in [-0.2, -0.15) is 0 Å². The van der Waals surface area contributed by atoms with Crippen molar-refractivity contribution in [3.63, 3.8) is 0 Å². The minimum absolute atomic E-state index is 0.332. The molecule has 22 heavy (non-hydrogen) atoms. The Hall–Kier alpha value is -2.46. The fraction of sp³-hybridized carbons (Fsp3) is 0.118. The Morgan fingerprint density at radius 1 is 1.14 bits per heavy atom. The fourth-order valence-electron chi connectivity index (χ4n) is 2.30. The topological polar surface area (TPSA) is 41.6 Å². The summed E-state index contributed by atoms with van der Waals surface area (Å²) in [7, 11) is 1.38. The monoisotopic (exact) mass is 314 g/mol. The first-order valence-electron chi connectivity index (χ1n) is 6.86. The molecule has 0 radical (unpaired) electrons. The van der Waals surface area contributed by atoms with Crippen molar-refractivity contribution in [2.24, 2.45) is 0 Å². The summed E-state index contributed by atoms with van der Waals surface area (Å²) in [6, 6.07) is 15.0. The number of methoxy groups -OCH3 is 1. The number of halogens is 1. The highest BCUT2D eigenvalue weighted by atomic mass is 35.5. The van der Waals surface area contributed by atoms with Crippen molar-refractivity contribution in [1.82, 2.24) is 5.43 Å². The van der Waals surface area contributed by atoms with E-state index in [4.69, 9.17) is 16.3 Å². The van der Waals surface area contributed by atoms with Crippen LogP contribution in [0.4, 0.5) is 5.69 Å². The highest BCUT2D eigenvalue weighted by Gasteiger charge is 2.15. The zero-order chi connectivity index (χ0) is 15.5. The van der Waals surface area contributed by atoms with Gasteiger partial charge < -0.3 is 4.74 Å². The Labute approximate surface area is 133 Å². The van der Waals surface area contributed by atoms with Crippen LogP contribution in [0.2, 0.25) is 5.02 Å². The quantitative estimate of drug-likeness (QED) is 0.881. The molecule has 4 nitrogen and oxygen atoms in total. The summed E-state index contributed by atoms with van der Waals surface area (Å²) in [5, 5.41) is 2.72. The molecule has 0 aliphatic carbocycles. The van der Waals surface area contributed by atoms with E-state index < -0.39 is 0 Å². The number of carbonyl (C=O) groups excluding carboxylic acids is 1. The van der Waals surface area contributed by atoms with Crippen LogP contribution >= 0.6 is 11.6 Å². The molecule has 0 aromatic heterocycles. The zero-order valence-electron chi connectivity index (χ0n) is 12.0. The van der Waals surface area contributed by atoms with Gasteiger partial charge in [0.2, 0.25) is 0 Å². The van der Waals surface area contributed by atoms with Gasteiger partial charge in [-0.3, -0.25) is 10.4 Å². The average Bonchev–Trinajstić information content (AvgIpc) is 3.05. The molecule has 1 aliphatic rings. The van der Waals surface area contributed by atoms with E-state index in [9.17, 15) is 4.79 Å². The Bertz CT molecular complexity index is 708. The van der Waals surface area contributed by atoms with E-state index in [1.54, 1.807) is 12.1 Å². The van der Waals surface area contributed by atoms with Crippen molar-refractivity contribution in [1.29, 1.82) is 0 Å². The lowest BCUT2D eigenvalue weighted by molar-refractivity contribution is 0.0601. The number of esters is 1. The van der Waals surface area contributed by atoms with Crippen LogP contribution in [-0.2, 0) is 4.74 Å². The second-order valence-electron chi connectivity index (χ2n) is 4.89. The third kappa shape index (κ3) is 2.92. The molecule has 0 atom stereocenters. The zero-order valence-corrected chi connectivity index (χ0v) is 12.8. The smallest absolute Gasteiger partial charge is 0.337 e. The standard InChI is InChI=1S/C17H15ClN2O2/c1-22-17(21)13-4-8-15(9-5-13)20-11-10-16(19-20)12-2-6-14(18)7-3-12/h2-10,19H,11H2,1H3. The molecule has 0 saturated heterocycles. The number of nitrogens with one attached hydrogen (secondary N) is 1. The summed E-state index contributed by atoms with van der Waals surface area (Å²) in [5.74, 6) is -0.332. The van der Waals surface area contributed by atoms with E-state index in [0.29, 0.717) is 5.56 Å². The number of rotatable bonds is 3. The van der Waals surface area contributed by atoms with Gasteiger partial charge in [-0.25, -0.2) is 4.79 Å². The van der Waals surface area contributed by atoms with Crippen LogP contribution in [0.25, 0.3) is 5.70 Å². The number of hydrogen-bond acceptors (Lipinski definition) is 4. The Balaban J connectivity index is 1.71. The van der Waals surface area contributed by atoms with E-state index in [0.717, 1.165) is 28.5 Å². The molecule has 1 aliphatic heterocycles. The highest BCUT2D eigenvalue weighted by molar-refractivity contribution is 6.30. The normalized spacial score (nSPS) is 13.5. The van der Waals surface area contributed by atoms with Gasteiger partial charge in [-0.05, 0) is 48.0 Å². The molecule has 0 spiro atoms. The third-order valence-corrected chi connectivity index (χ3v) is 3.74. The van der Waals surface area contributed by atoms with Crippen LogP contribution in [-0.4, -0.2) is 19.6 Å². The van der Waals surface area contributed by atoms with Crippen molar-refractivity contribution < 1.29 is 9.53 Å². The maximum absolute atomic E-state index is 11.4. The first-order chi connectivity index (χ1) is 10.7. The third-order valence-electron chi connectivity index (χ3n) is 3.49. The summed E-state index contributed by atoms with van der Waals surface area (Å²) < 4.78 is 4.70. The molecular formula is C17H15ClN2O2. The number of hydrogen-bond donors (Lipinski definition) is 1. The molecule has 112 valence electrons. The number of carbonyl (C=O) groups is 1. The lowest BCUT2D eigenvalue weighted by Crippen LogP contribution is -2.31. The van der Waals surface area contributed by atoms with E-state index in [1.165, 1.54) is 7.11 Å². The molecule has 0 amide bonds. The van der Waals surface area contributed by atoms with Gasteiger partial charge in [-0.1, -0.05) is 23.7 Å². The Morgan fingerprint density at radius 2 is 1.82 bits per heavy atom. The number of hydrazine groups is 1. The SMILES string of the molecule is COC(=O)c1ccc(N2CC=C(c3ccc(Cl)cc3)N2)cc1. The summed E-state index contributed by atoms with van der Waals surface area (Å²) >= 11 is 5.91. The van der Waals surface area contributed by atoms with E-state index in [2.05, 4.69) is 11.5 Å². The number of benzene rings is 2. The average molecular weight is 315 g/mol. The fourth-order valence-corrected chi connectivity index (χ4v) is 2.42. The largest absolute Gasteiger partial charge is 0.465 e. The second kappa shape index (κ2) is 6.12. The molecule has 3 rings (SSSR count). The van der Waals surface area contributed by atoms with E-state index >= 15 is 0 Å². The van der Waals surface area contributed by atoms with Crippen LogP contribution in [0.3, 0.4) is 0 Å². The van der Waals surface area contributed by atoms with Crippen LogP contribution in [0.15, 0.2) is 54.6 Å². The lowest BCUT2D eigenvalue weighted by Gasteiger charge is -2.20. The van der Waals surface area contributed by atoms with Gasteiger partial charge in [-0.15, -0.1) is 0 Å². The molecule has 0 bridgehead atoms. The molecule has 1 N–H and O–H groups in total. The number of nitrogens with zero attached hydrogens (tertiary/aromatic N) is 1. The molecule has 1 heterocycles. The van der Waals surface area contributed by atoms with Gasteiger partial charge in [0, 0.05) is 5.02 Å². The molecule has 0 unspecified atom stereocenters. The maximum Gasteiger partial charge on any atom is 0.337 e. The molecule has 0 fully saturated rings. The summed E-state index contributed by atoms with van der Waals surface area (Å²) in [6.45, 7) is 0.746. The number of anilines is 1. The van der Waals surface area contributed by atoms with E-state index in [-0.39, 0.29) is 5.97 Å². The van der Waals surface area contributed by atoms with Crippen molar-refractivity contribution in [3.05, 3.63) is 70.8 Å². The lowest BCUT2D eigenvalue weighted by atomic mass is 10.1. The Morgan fingerprint density at radius 3 is 2.45 bits per heavy atom. The first-order valence-corrected chi connectivity index (χ1v) is 7.24. The van der Waals surface area contributed by atoms with Crippen molar-refractivity contribution >= 4 is 29.0 Å². The summed E-state index contributed by atoms with van der Waals surface area (Å²) in [5.41, 5.74) is 6.98. The second-order valence-corrected chi connectivity index (χ2v) is 5.32. The van der Waals surface area contributed by atoms with Gasteiger partial charge in [0.25, 0.3) is 0 Å². The van der Waals surface area contributed by atoms with Crippen LogP contribution in [0.1, 0.15) is 15.9 Å². The Kier molecular flexibility index (Phi) is 4.02. The van der Waals surface area contributed by atoms with Crippen molar-refractivity contribution in [2.75, 3.05) is 18.7 Å². The van der Waals surface area contributed by atoms with Crippen molar-refractivity contribution in [3.8, 4) is 0 Å². The highest BCUT2D eigenvalue weighted by Crippen LogP contribution is 2.23. The van der Waals surface area contributed by atoms with Gasteiger partial charge in [0.05, 0.1) is 30.6 Å². The van der Waals surface area contributed by atoms with Crippen LogP contribution in [0, 0.1) is 0 Å². The van der Waals surface area contributed by atoms with E-state index in [1.807, 2.05) is 41.4 Å². The van der Waals surface area contributed by atoms with Gasteiger partial charge in [0.15, 0.2) is 0 Å². The molecule has 0 saturated carbocycles. The van der Waals surface area contributed by atoms with Crippen LogP contribution < -0.4 is 10.4 Å². The molecule has 2 aromatic carbocycles. The van der Waals surface area contributed by atoms with Crippen LogP contribution in [0.5, 0.6) is 0 Å². The van der Waals surface area contributed by atoms with Gasteiger partial charge in [0.1, 0.15) is 0 Å². The minimum atomic E-state index is -0.332. The predicted octanol–water partition coefficient (Wildman–Crippen LogP) is 3.49. The molecule has 5 heteroatoms. The summed E-state index contributed by atoms with van der Waals surface area (Å²) in [6.07, 6.45) is 2.11. The summed E-state index contributed by atoms with van der Waals surface area (Å²) in [4.78, 5) is 11.4. The van der Waals surface area contributed by atoms with Gasteiger partial charge >= 0.3 is 5.97 Å². The maximum atomic E-state index is 11.4. The number of ether oxygens (including phenoxy) is 1. The minimum Gasteiger partial charge on any atom is -0.465 e. The predicted molar refractivity (Wildman–Crippen MR) is 87.7 cm³/mol.